The number of amides is 1. The summed E-state index contributed by atoms with van der Waals surface area (Å²) in [5.41, 5.74) is 2.35. The van der Waals surface area contributed by atoms with Gasteiger partial charge >= 0.3 is 0 Å². The van der Waals surface area contributed by atoms with E-state index in [-0.39, 0.29) is 36.6 Å². The molecule has 0 aliphatic carbocycles. The fourth-order valence-electron chi connectivity index (χ4n) is 5.62. The van der Waals surface area contributed by atoms with E-state index in [1.807, 2.05) is 17.9 Å². The Morgan fingerprint density at radius 1 is 1.27 bits per heavy atom. The average molecular weight is 415 g/mol. The molecule has 3 heterocycles. The van der Waals surface area contributed by atoms with Crippen LogP contribution in [0.5, 0.6) is 0 Å². The van der Waals surface area contributed by atoms with E-state index in [0.29, 0.717) is 19.0 Å². The van der Waals surface area contributed by atoms with Crippen LogP contribution in [0.3, 0.4) is 0 Å². The Morgan fingerprint density at radius 3 is 2.57 bits per heavy atom. The second-order valence-corrected chi connectivity index (χ2v) is 8.89. The molecule has 1 N–H and O–H groups in total. The van der Waals surface area contributed by atoms with Crippen LogP contribution in [-0.2, 0) is 14.3 Å². The molecule has 1 spiro atoms. The molecule has 6 nitrogen and oxygen atoms in total. The number of allylic oxidation sites excluding steroid dienone is 1. The summed E-state index contributed by atoms with van der Waals surface area (Å²) < 4.78 is 10.6. The molecule has 164 valence electrons. The van der Waals surface area contributed by atoms with E-state index in [9.17, 15) is 9.90 Å². The van der Waals surface area contributed by atoms with Crippen molar-refractivity contribution >= 4 is 12.0 Å². The lowest BCUT2D eigenvalue weighted by Gasteiger charge is -2.71. The third kappa shape index (κ3) is 3.82. The lowest BCUT2D eigenvalue weighted by atomic mass is 9.60. The first kappa shape index (κ1) is 21.5. The van der Waals surface area contributed by atoms with Crippen LogP contribution in [0.2, 0.25) is 0 Å². The van der Waals surface area contributed by atoms with Gasteiger partial charge in [0.2, 0.25) is 5.91 Å². The first-order valence-electron chi connectivity index (χ1n) is 11.1. The molecule has 0 saturated carbocycles. The third-order valence-corrected chi connectivity index (χ3v) is 7.12. The number of benzene rings is 1. The molecular weight excluding hydrogens is 380 g/mol. The number of rotatable bonds is 7. The monoisotopic (exact) mass is 414 g/mol. The zero-order valence-electron chi connectivity index (χ0n) is 18.1. The van der Waals surface area contributed by atoms with Gasteiger partial charge in [0.15, 0.2) is 0 Å². The minimum Gasteiger partial charge on any atom is -0.395 e. The van der Waals surface area contributed by atoms with Crippen molar-refractivity contribution in [1.82, 2.24) is 9.80 Å². The highest BCUT2D eigenvalue weighted by Crippen LogP contribution is 2.54. The lowest BCUT2D eigenvalue weighted by molar-refractivity contribution is -0.203. The molecule has 2 atom stereocenters. The van der Waals surface area contributed by atoms with E-state index < -0.39 is 0 Å². The molecule has 6 heteroatoms. The molecule has 30 heavy (non-hydrogen) atoms. The summed E-state index contributed by atoms with van der Waals surface area (Å²) in [5, 5.41) is 10.3. The molecule has 1 aromatic rings. The minimum atomic E-state index is -0.0861. The smallest absolute Gasteiger partial charge is 0.248 e. The van der Waals surface area contributed by atoms with Crippen molar-refractivity contribution in [3.63, 3.8) is 0 Å². The maximum Gasteiger partial charge on any atom is 0.248 e. The zero-order chi connectivity index (χ0) is 21.1. The summed E-state index contributed by atoms with van der Waals surface area (Å²) in [6.07, 6.45) is 6.27. The topological polar surface area (TPSA) is 62.2 Å². The fraction of sp³-hybridized carbons (Fsp3) is 0.625. The van der Waals surface area contributed by atoms with E-state index in [0.717, 1.165) is 32.6 Å². The van der Waals surface area contributed by atoms with Gasteiger partial charge in [-0.05, 0) is 36.8 Å². The Kier molecular flexibility index (Phi) is 6.58. The maximum absolute atomic E-state index is 12.4. The molecule has 0 bridgehead atoms. The summed E-state index contributed by atoms with van der Waals surface area (Å²) >= 11 is 0. The van der Waals surface area contributed by atoms with Gasteiger partial charge in [-0.1, -0.05) is 36.4 Å². The van der Waals surface area contributed by atoms with Crippen LogP contribution >= 0.6 is 0 Å². The van der Waals surface area contributed by atoms with E-state index >= 15 is 0 Å². The Balaban J connectivity index is 1.56. The fourth-order valence-corrected chi connectivity index (χ4v) is 5.62. The number of carbonyl (C=O) groups is 1. The van der Waals surface area contributed by atoms with Gasteiger partial charge in [0.25, 0.3) is 0 Å². The molecule has 1 amide bonds. The molecule has 0 unspecified atom stereocenters. The van der Waals surface area contributed by atoms with Crippen molar-refractivity contribution in [3.05, 3.63) is 41.5 Å². The van der Waals surface area contributed by atoms with Gasteiger partial charge in [-0.25, -0.2) is 0 Å². The standard InChI is InChI=1S/C24H34N2O4/c1-3-4-18-5-7-20(8-6-18)23-21(14-27)26(13-19-9-11-30-12-10-19)24(23)16-25(17-24)22(28)15-29-2/h3-8,19,21,23,27H,9-17H2,1-2H3/t21-,23+/m1/s1. The first-order valence-corrected chi connectivity index (χ1v) is 11.1. The van der Waals surface area contributed by atoms with Crippen molar-refractivity contribution in [3.8, 4) is 0 Å². The Hall–Kier alpha value is -1.73. The molecule has 0 radical (unpaired) electrons. The largest absolute Gasteiger partial charge is 0.395 e. The molecule has 3 saturated heterocycles. The van der Waals surface area contributed by atoms with E-state index in [1.165, 1.54) is 11.1 Å². The summed E-state index contributed by atoms with van der Waals surface area (Å²) in [5.74, 6) is 0.865. The molecule has 3 aliphatic rings. The van der Waals surface area contributed by atoms with Crippen LogP contribution in [-0.4, -0.2) is 85.6 Å². The summed E-state index contributed by atoms with van der Waals surface area (Å²) in [7, 11) is 1.56. The van der Waals surface area contributed by atoms with E-state index in [2.05, 4.69) is 35.2 Å². The highest BCUT2D eigenvalue weighted by Gasteiger charge is 2.66. The molecule has 3 fully saturated rings. The molecule has 0 aromatic heterocycles. The molecule has 3 aliphatic heterocycles. The van der Waals surface area contributed by atoms with Gasteiger partial charge in [0, 0.05) is 51.9 Å². The number of hydrogen-bond acceptors (Lipinski definition) is 5. The van der Waals surface area contributed by atoms with E-state index in [1.54, 1.807) is 7.11 Å². The zero-order valence-corrected chi connectivity index (χ0v) is 18.1. The molecule has 4 rings (SSSR count). The van der Waals surface area contributed by atoms with Crippen LogP contribution in [0.25, 0.3) is 6.08 Å². The molecular formula is C24H34N2O4. The highest BCUT2D eigenvalue weighted by atomic mass is 16.5. The number of ether oxygens (including phenoxy) is 2. The van der Waals surface area contributed by atoms with Crippen molar-refractivity contribution in [1.29, 1.82) is 0 Å². The Bertz CT molecular complexity index is 751. The van der Waals surface area contributed by atoms with Crippen LogP contribution in [0.15, 0.2) is 30.3 Å². The number of methoxy groups -OCH3 is 1. The van der Waals surface area contributed by atoms with Gasteiger partial charge in [-0.2, -0.15) is 0 Å². The summed E-state index contributed by atoms with van der Waals surface area (Å²) in [6, 6.07) is 8.77. The van der Waals surface area contributed by atoms with Crippen molar-refractivity contribution in [2.45, 2.75) is 37.3 Å². The van der Waals surface area contributed by atoms with E-state index in [4.69, 9.17) is 9.47 Å². The number of aliphatic hydroxyl groups is 1. The number of aliphatic hydroxyl groups excluding tert-OH is 1. The second-order valence-electron chi connectivity index (χ2n) is 8.89. The number of carbonyl (C=O) groups excluding carboxylic acids is 1. The van der Waals surface area contributed by atoms with Crippen LogP contribution < -0.4 is 0 Å². The number of hydrogen-bond donors (Lipinski definition) is 1. The van der Waals surface area contributed by atoms with Gasteiger partial charge in [-0.3, -0.25) is 9.69 Å². The summed E-state index contributed by atoms with van der Waals surface area (Å²) in [4.78, 5) is 16.8. The second kappa shape index (κ2) is 9.18. The van der Waals surface area contributed by atoms with Gasteiger partial charge < -0.3 is 19.5 Å². The van der Waals surface area contributed by atoms with Crippen LogP contribution in [0.1, 0.15) is 36.8 Å². The van der Waals surface area contributed by atoms with Gasteiger partial charge in [0.05, 0.1) is 12.1 Å². The Labute approximate surface area is 179 Å². The third-order valence-electron chi connectivity index (χ3n) is 7.12. The minimum absolute atomic E-state index is 0.0452. The van der Waals surface area contributed by atoms with Crippen LogP contribution in [0, 0.1) is 5.92 Å². The first-order chi connectivity index (χ1) is 14.6. The maximum atomic E-state index is 12.4. The van der Waals surface area contributed by atoms with Gasteiger partial charge in [-0.15, -0.1) is 0 Å². The van der Waals surface area contributed by atoms with Crippen molar-refractivity contribution in [2.75, 3.05) is 53.2 Å². The normalized spacial score (nSPS) is 26.7. The quantitative estimate of drug-likeness (QED) is 0.741. The molecule has 1 aromatic carbocycles. The Morgan fingerprint density at radius 2 is 1.97 bits per heavy atom. The predicted molar refractivity (Wildman–Crippen MR) is 116 cm³/mol. The average Bonchev–Trinajstić information content (AvgIpc) is 2.72. The van der Waals surface area contributed by atoms with Crippen molar-refractivity contribution in [2.24, 2.45) is 5.92 Å². The predicted octanol–water partition coefficient (Wildman–Crippen LogP) is 2.13. The highest BCUT2D eigenvalue weighted by molar-refractivity contribution is 5.79. The summed E-state index contributed by atoms with van der Waals surface area (Å²) in [6.45, 7) is 6.30. The SMILES string of the molecule is CC=Cc1ccc([C@H]2[C@@H](CO)N(CC3CCOCC3)C23CN(C(=O)COC)C3)cc1. The van der Waals surface area contributed by atoms with Gasteiger partial charge in [0.1, 0.15) is 6.61 Å². The van der Waals surface area contributed by atoms with Crippen molar-refractivity contribution < 1.29 is 19.4 Å². The van der Waals surface area contributed by atoms with Crippen LogP contribution in [0.4, 0.5) is 0 Å². The lowest BCUT2D eigenvalue weighted by Crippen LogP contribution is -2.85. The number of nitrogens with zero attached hydrogens (tertiary/aromatic N) is 2. The number of likely N-dealkylation sites (tertiary alicyclic amines) is 2.